The number of rotatable bonds is 9. The molecule has 164 valence electrons. The number of halogens is 1. The first kappa shape index (κ1) is 22.6. The molecule has 1 aliphatic rings. The molecule has 0 heterocycles. The zero-order valence-corrected chi connectivity index (χ0v) is 19.9. The average molecular weight is 443 g/mol. The zero-order chi connectivity index (χ0) is 22.3. The molecule has 0 aromatic heterocycles. The van der Waals surface area contributed by atoms with E-state index >= 15 is 0 Å². The van der Waals surface area contributed by atoms with E-state index in [0.717, 1.165) is 30.4 Å². The summed E-state index contributed by atoms with van der Waals surface area (Å²) in [5, 5.41) is 0. The van der Waals surface area contributed by atoms with Crippen LogP contribution in [0.4, 0.5) is 4.39 Å². The second kappa shape index (κ2) is 10.8. The fourth-order valence-electron chi connectivity index (χ4n) is 4.57. The van der Waals surface area contributed by atoms with Crippen LogP contribution >= 0.6 is 11.8 Å². The smallest absolute Gasteiger partial charge is 0.123 e. The van der Waals surface area contributed by atoms with Gasteiger partial charge in [0.1, 0.15) is 5.82 Å². The van der Waals surface area contributed by atoms with Crippen LogP contribution in [0.5, 0.6) is 0 Å². The van der Waals surface area contributed by atoms with Gasteiger partial charge >= 0.3 is 0 Å². The summed E-state index contributed by atoms with van der Waals surface area (Å²) in [5.74, 6) is -0.150. The van der Waals surface area contributed by atoms with Crippen molar-refractivity contribution in [2.24, 2.45) is 0 Å². The van der Waals surface area contributed by atoms with E-state index in [2.05, 4.69) is 73.9 Å². The number of fused-ring (bicyclic) bond motifs is 1. The highest BCUT2D eigenvalue weighted by molar-refractivity contribution is 7.98. The molecule has 2 heteroatoms. The summed E-state index contributed by atoms with van der Waals surface area (Å²) < 4.78 is 14.1. The number of allylic oxidation sites excluding steroid dienone is 3. The summed E-state index contributed by atoms with van der Waals surface area (Å²) in [7, 11) is 0. The topological polar surface area (TPSA) is 0 Å². The Bertz CT molecular complexity index is 1110. The number of benzene rings is 3. The number of hydrogen-bond donors (Lipinski definition) is 0. The van der Waals surface area contributed by atoms with E-state index in [1.54, 1.807) is 23.9 Å². The average Bonchev–Trinajstić information content (AvgIpc) is 3.07. The van der Waals surface area contributed by atoms with Crippen molar-refractivity contribution >= 4 is 29.0 Å². The summed E-state index contributed by atoms with van der Waals surface area (Å²) in [6.45, 7) is 2.20. The molecule has 0 bridgehead atoms. The first-order chi connectivity index (χ1) is 15.7. The second-order valence-electron chi connectivity index (χ2n) is 8.52. The zero-order valence-electron chi connectivity index (χ0n) is 19.0. The van der Waals surface area contributed by atoms with Crippen molar-refractivity contribution in [2.45, 2.75) is 50.3 Å². The van der Waals surface area contributed by atoms with Crippen LogP contribution in [0.2, 0.25) is 0 Å². The highest BCUT2D eigenvalue weighted by atomic mass is 32.2. The van der Waals surface area contributed by atoms with E-state index in [-0.39, 0.29) is 5.82 Å². The first-order valence-corrected chi connectivity index (χ1v) is 12.8. The monoisotopic (exact) mass is 442 g/mol. The summed E-state index contributed by atoms with van der Waals surface area (Å²) >= 11 is 1.75. The van der Waals surface area contributed by atoms with Gasteiger partial charge in [-0.1, -0.05) is 61.4 Å². The van der Waals surface area contributed by atoms with Gasteiger partial charge in [0.15, 0.2) is 0 Å². The van der Waals surface area contributed by atoms with Crippen molar-refractivity contribution in [3.8, 4) is 0 Å². The number of thioether (sulfide) groups is 1. The Morgan fingerprint density at radius 1 is 0.781 bits per heavy atom. The van der Waals surface area contributed by atoms with Gasteiger partial charge in [-0.25, -0.2) is 4.39 Å². The maximum Gasteiger partial charge on any atom is 0.123 e. The molecule has 0 aliphatic heterocycles. The van der Waals surface area contributed by atoms with Crippen molar-refractivity contribution in [2.75, 3.05) is 6.26 Å². The molecule has 0 saturated heterocycles. The SMILES string of the molecule is CSc1ccc(C=C2C(C)=C(CCCCCCc3ccccc3)c3cc(F)ccc32)cc1. The Morgan fingerprint density at radius 3 is 2.22 bits per heavy atom. The van der Waals surface area contributed by atoms with Gasteiger partial charge in [0.05, 0.1) is 0 Å². The highest BCUT2D eigenvalue weighted by Crippen LogP contribution is 2.44. The third-order valence-electron chi connectivity index (χ3n) is 6.37. The standard InChI is InChI=1S/C30H31FS/c1-22-27(13-9-4-3-6-10-23-11-7-5-8-12-23)30-21-25(31)16-19-28(30)29(22)20-24-14-17-26(32-2)18-15-24/h5,7-8,11-12,14-21H,3-4,6,9-10,13H2,1-2H3. The van der Waals surface area contributed by atoms with Gasteiger partial charge in [0, 0.05) is 4.90 Å². The Balaban J connectivity index is 1.44. The Hall–Kier alpha value is -2.58. The first-order valence-electron chi connectivity index (χ1n) is 11.6. The molecule has 3 aromatic rings. The van der Waals surface area contributed by atoms with Crippen LogP contribution in [-0.2, 0) is 6.42 Å². The minimum Gasteiger partial charge on any atom is -0.207 e. The van der Waals surface area contributed by atoms with E-state index in [4.69, 9.17) is 0 Å². The molecule has 32 heavy (non-hydrogen) atoms. The predicted molar refractivity (Wildman–Crippen MR) is 138 cm³/mol. The van der Waals surface area contributed by atoms with E-state index in [0.29, 0.717) is 0 Å². The molecule has 0 spiro atoms. The molecular weight excluding hydrogens is 411 g/mol. The lowest BCUT2D eigenvalue weighted by Crippen LogP contribution is -1.89. The molecule has 0 atom stereocenters. The van der Waals surface area contributed by atoms with Crippen LogP contribution < -0.4 is 0 Å². The highest BCUT2D eigenvalue weighted by Gasteiger charge is 2.23. The molecule has 0 radical (unpaired) electrons. The lowest BCUT2D eigenvalue weighted by atomic mass is 9.98. The van der Waals surface area contributed by atoms with Crippen molar-refractivity contribution in [3.63, 3.8) is 0 Å². The lowest BCUT2D eigenvalue weighted by molar-refractivity contribution is 0.626. The largest absolute Gasteiger partial charge is 0.207 e. The minimum atomic E-state index is -0.150. The molecule has 0 fully saturated rings. The minimum absolute atomic E-state index is 0.150. The Labute approximate surface area is 196 Å². The summed E-state index contributed by atoms with van der Waals surface area (Å²) in [4.78, 5) is 1.27. The Morgan fingerprint density at radius 2 is 1.50 bits per heavy atom. The summed E-state index contributed by atoms with van der Waals surface area (Å²) in [6, 6.07) is 24.6. The van der Waals surface area contributed by atoms with E-state index < -0.39 is 0 Å². The normalized spacial score (nSPS) is 14.3. The molecule has 4 rings (SSSR count). The van der Waals surface area contributed by atoms with Gasteiger partial charge in [-0.15, -0.1) is 11.8 Å². The molecule has 0 amide bonds. The molecule has 0 N–H and O–H groups in total. The van der Waals surface area contributed by atoms with Crippen LogP contribution in [-0.4, -0.2) is 6.26 Å². The number of hydrogen-bond acceptors (Lipinski definition) is 1. The van der Waals surface area contributed by atoms with Gasteiger partial charge in [-0.05, 0) is 108 Å². The summed E-state index contributed by atoms with van der Waals surface area (Å²) in [5.41, 5.74) is 8.70. The van der Waals surface area contributed by atoms with Crippen molar-refractivity contribution < 1.29 is 4.39 Å². The third kappa shape index (κ3) is 5.42. The van der Waals surface area contributed by atoms with Crippen LogP contribution in [0.15, 0.2) is 83.3 Å². The molecule has 3 aromatic carbocycles. The fraction of sp³-hybridized carbons (Fsp3) is 0.267. The number of unbranched alkanes of at least 4 members (excludes halogenated alkanes) is 3. The molecular formula is C30H31FS. The molecule has 1 aliphatic carbocycles. The van der Waals surface area contributed by atoms with Crippen LogP contribution in [0, 0.1) is 5.82 Å². The van der Waals surface area contributed by atoms with Gasteiger partial charge in [-0.3, -0.25) is 0 Å². The fourth-order valence-corrected chi connectivity index (χ4v) is 4.98. The maximum atomic E-state index is 14.1. The predicted octanol–water partition coefficient (Wildman–Crippen LogP) is 9.07. The van der Waals surface area contributed by atoms with Gasteiger partial charge in [0.2, 0.25) is 0 Å². The summed E-state index contributed by atoms with van der Waals surface area (Å²) in [6.07, 6.45) is 11.3. The van der Waals surface area contributed by atoms with Gasteiger partial charge in [-0.2, -0.15) is 0 Å². The second-order valence-corrected chi connectivity index (χ2v) is 9.40. The van der Waals surface area contributed by atoms with Crippen molar-refractivity contribution in [3.05, 3.63) is 106 Å². The van der Waals surface area contributed by atoms with Gasteiger partial charge < -0.3 is 0 Å². The molecule has 0 saturated carbocycles. The van der Waals surface area contributed by atoms with Crippen molar-refractivity contribution in [1.29, 1.82) is 0 Å². The quantitative estimate of drug-likeness (QED) is 0.235. The van der Waals surface area contributed by atoms with E-state index in [1.165, 1.54) is 52.0 Å². The van der Waals surface area contributed by atoms with Crippen LogP contribution in [0.3, 0.4) is 0 Å². The lowest BCUT2D eigenvalue weighted by Gasteiger charge is -2.07. The van der Waals surface area contributed by atoms with E-state index in [1.807, 2.05) is 6.07 Å². The maximum absolute atomic E-state index is 14.1. The van der Waals surface area contributed by atoms with Crippen molar-refractivity contribution in [1.82, 2.24) is 0 Å². The third-order valence-corrected chi connectivity index (χ3v) is 7.11. The van der Waals surface area contributed by atoms with Gasteiger partial charge in [0.25, 0.3) is 0 Å². The molecule has 0 nitrogen and oxygen atoms in total. The Kier molecular flexibility index (Phi) is 7.65. The van der Waals surface area contributed by atoms with E-state index in [9.17, 15) is 4.39 Å². The molecule has 0 unspecified atom stereocenters. The number of aryl methyl sites for hydroxylation is 1. The van der Waals surface area contributed by atoms with Crippen LogP contribution in [0.25, 0.3) is 17.2 Å². The van der Waals surface area contributed by atoms with Crippen LogP contribution in [0.1, 0.15) is 61.3 Å².